The molecule has 0 saturated carbocycles. The molecule has 1 aromatic rings. The Balaban J connectivity index is 3.01. The van der Waals surface area contributed by atoms with Gasteiger partial charge in [0.05, 0.1) is 14.2 Å². The molecule has 0 aliphatic heterocycles. The summed E-state index contributed by atoms with van der Waals surface area (Å²) in [7, 11) is 2.90. The predicted molar refractivity (Wildman–Crippen MR) is 78.1 cm³/mol. The van der Waals surface area contributed by atoms with Crippen LogP contribution in [-0.2, 0) is 19.1 Å². The zero-order valence-corrected chi connectivity index (χ0v) is 12.7. The van der Waals surface area contributed by atoms with Gasteiger partial charge in [-0.25, -0.2) is 4.79 Å². The lowest BCUT2D eigenvalue weighted by molar-refractivity contribution is -0.145. The van der Waals surface area contributed by atoms with Crippen LogP contribution in [0.3, 0.4) is 0 Å². The Morgan fingerprint density at radius 3 is 2.24 bits per heavy atom. The van der Waals surface area contributed by atoms with E-state index in [2.05, 4.69) is 4.74 Å². The fourth-order valence-corrected chi connectivity index (χ4v) is 1.95. The minimum Gasteiger partial charge on any atom is -0.497 e. The van der Waals surface area contributed by atoms with Gasteiger partial charge in [-0.2, -0.15) is 0 Å². The van der Waals surface area contributed by atoms with Gasteiger partial charge in [-0.15, -0.1) is 0 Å². The maximum Gasteiger partial charge on any atom is 0.330 e. The lowest BCUT2D eigenvalue weighted by Gasteiger charge is -2.21. The van der Waals surface area contributed by atoms with Crippen LogP contribution in [-0.4, -0.2) is 32.3 Å². The van der Waals surface area contributed by atoms with Gasteiger partial charge in [0.1, 0.15) is 11.9 Å². The van der Waals surface area contributed by atoms with Crippen molar-refractivity contribution in [3.8, 4) is 5.75 Å². The van der Waals surface area contributed by atoms with Crippen LogP contribution < -0.4 is 4.74 Å². The lowest BCUT2D eigenvalue weighted by Crippen LogP contribution is -2.20. The molecule has 2 atom stereocenters. The van der Waals surface area contributed by atoms with Crippen molar-refractivity contribution in [1.29, 1.82) is 0 Å². The molecule has 0 aliphatic rings. The second-order valence-corrected chi connectivity index (χ2v) is 4.50. The number of hydrogen-bond acceptors (Lipinski definition) is 5. The Bertz CT molecular complexity index is 504. The summed E-state index contributed by atoms with van der Waals surface area (Å²) in [6.07, 6.45) is 2.59. The van der Waals surface area contributed by atoms with E-state index >= 15 is 0 Å². The molecule has 0 spiro atoms. The van der Waals surface area contributed by atoms with E-state index in [9.17, 15) is 9.59 Å². The van der Waals surface area contributed by atoms with E-state index < -0.39 is 12.1 Å². The maximum absolute atomic E-state index is 11.3. The van der Waals surface area contributed by atoms with Crippen molar-refractivity contribution < 1.29 is 23.8 Å². The van der Waals surface area contributed by atoms with Crippen molar-refractivity contribution >= 4 is 11.9 Å². The predicted octanol–water partition coefficient (Wildman–Crippen LogP) is 2.46. The first-order valence-corrected chi connectivity index (χ1v) is 6.55. The summed E-state index contributed by atoms with van der Waals surface area (Å²) in [5.74, 6) is -0.343. The molecule has 1 rings (SSSR count). The number of benzene rings is 1. The third-order valence-electron chi connectivity index (χ3n) is 3.00. The fourth-order valence-electron chi connectivity index (χ4n) is 1.95. The Hall–Kier alpha value is -2.30. The number of carbonyl (C=O) groups excluding carboxylic acids is 2. The van der Waals surface area contributed by atoms with Gasteiger partial charge in [0.2, 0.25) is 0 Å². The van der Waals surface area contributed by atoms with Crippen LogP contribution in [0.5, 0.6) is 5.75 Å². The largest absolute Gasteiger partial charge is 0.497 e. The summed E-state index contributed by atoms with van der Waals surface area (Å²) in [5.41, 5.74) is 0.907. The van der Waals surface area contributed by atoms with E-state index in [4.69, 9.17) is 9.47 Å². The van der Waals surface area contributed by atoms with E-state index in [-0.39, 0.29) is 11.9 Å². The lowest BCUT2D eigenvalue weighted by atomic mass is 9.93. The Labute approximate surface area is 124 Å². The second kappa shape index (κ2) is 8.09. The highest BCUT2D eigenvalue weighted by Crippen LogP contribution is 2.25. The van der Waals surface area contributed by atoms with E-state index in [0.717, 1.165) is 11.3 Å². The first-order valence-electron chi connectivity index (χ1n) is 6.55. The van der Waals surface area contributed by atoms with Gasteiger partial charge in [0.15, 0.2) is 0 Å². The SMILES string of the molecule is COC(=O)/C=C/[C@@H](c1ccc(OC)cc1)[C@H](C)OC(C)=O. The Morgan fingerprint density at radius 1 is 1.14 bits per heavy atom. The molecule has 0 amide bonds. The van der Waals surface area contributed by atoms with Gasteiger partial charge >= 0.3 is 11.9 Å². The third-order valence-corrected chi connectivity index (χ3v) is 3.00. The number of rotatable bonds is 6. The molecule has 0 saturated heterocycles. The topological polar surface area (TPSA) is 61.8 Å². The smallest absolute Gasteiger partial charge is 0.330 e. The minimum atomic E-state index is -0.455. The van der Waals surface area contributed by atoms with Crippen molar-refractivity contribution in [1.82, 2.24) is 0 Å². The molecule has 0 aromatic heterocycles. The van der Waals surface area contributed by atoms with Crippen LogP contribution >= 0.6 is 0 Å². The van der Waals surface area contributed by atoms with Crippen molar-refractivity contribution in [2.45, 2.75) is 25.9 Å². The van der Waals surface area contributed by atoms with Crippen LogP contribution in [0.2, 0.25) is 0 Å². The van der Waals surface area contributed by atoms with Crippen LogP contribution in [0, 0.1) is 0 Å². The second-order valence-electron chi connectivity index (χ2n) is 4.50. The summed E-state index contributed by atoms with van der Waals surface area (Å²) in [5, 5.41) is 0. The highest BCUT2D eigenvalue weighted by Gasteiger charge is 2.20. The molecule has 0 fully saturated rings. The molecule has 0 heterocycles. The summed E-state index contributed by atoms with van der Waals surface area (Å²) in [6, 6.07) is 7.36. The van der Waals surface area contributed by atoms with Crippen LogP contribution in [0.25, 0.3) is 0 Å². The molecule has 0 N–H and O–H groups in total. The number of esters is 2. The quantitative estimate of drug-likeness (QED) is 0.595. The molecule has 0 bridgehead atoms. The van der Waals surface area contributed by atoms with Crippen molar-refractivity contribution in [2.24, 2.45) is 0 Å². The summed E-state index contributed by atoms with van der Waals surface area (Å²) in [6.45, 7) is 3.13. The average molecular weight is 292 g/mol. The maximum atomic E-state index is 11.3. The zero-order valence-electron chi connectivity index (χ0n) is 12.7. The number of carbonyl (C=O) groups is 2. The van der Waals surface area contributed by atoms with Gasteiger partial charge in [-0.3, -0.25) is 4.79 Å². The normalized spacial score (nSPS) is 13.5. The molecule has 21 heavy (non-hydrogen) atoms. The highest BCUT2D eigenvalue weighted by molar-refractivity contribution is 5.82. The molecule has 0 unspecified atom stereocenters. The van der Waals surface area contributed by atoms with Crippen molar-refractivity contribution in [3.05, 3.63) is 42.0 Å². The van der Waals surface area contributed by atoms with Crippen LogP contribution in [0.1, 0.15) is 25.3 Å². The van der Waals surface area contributed by atoms with Gasteiger partial charge in [-0.1, -0.05) is 18.2 Å². The van der Waals surface area contributed by atoms with Crippen molar-refractivity contribution in [3.63, 3.8) is 0 Å². The fraction of sp³-hybridized carbons (Fsp3) is 0.375. The average Bonchev–Trinajstić information content (AvgIpc) is 2.47. The molecule has 0 aliphatic carbocycles. The number of ether oxygens (including phenoxy) is 3. The molecule has 114 valence electrons. The summed E-state index contributed by atoms with van der Waals surface area (Å²) in [4.78, 5) is 22.4. The zero-order chi connectivity index (χ0) is 15.8. The van der Waals surface area contributed by atoms with E-state index in [1.54, 1.807) is 20.1 Å². The molecular weight excluding hydrogens is 272 g/mol. The summed E-state index contributed by atoms with van der Waals surface area (Å²) >= 11 is 0. The van der Waals surface area contributed by atoms with E-state index in [1.165, 1.54) is 20.1 Å². The van der Waals surface area contributed by atoms with Crippen molar-refractivity contribution in [2.75, 3.05) is 14.2 Å². The summed E-state index contributed by atoms with van der Waals surface area (Å²) < 4.78 is 14.9. The number of methoxy groups -OCH3 is 2. The van der Waals surface area contributed by atoms with E-state index in [0.29, 0.717) is 0 Å². The first kappa shape index (κ1) is 16.8. The van der Waals surface area contributed by atoms with Gasteiger partial charge in [0.25, 0.3) is 0 Å². The molecular formula is C16H20O5. The highest BCUT2D eigenvalue weighted by atomic mass is 16.5. The van der Waals surface area contributed by atoms with Crippen LogP contribution in [0.15, 0.2) is 36.4 Å². The first-order chi connectivity index (χ1) is 9.97. The molecule has 5 nitrogen and oxygen atoms in total. The standard InChI is InChI=1S/C16H20O5/c1-11(21-12(2)17)15(9-10-16(18)20-4)13-5-7-14(19-3)8-6-13/h5-11,15H,1-4H3/b10-9+/t11-,15+/m0/s1. The Kier molecular flexibility index (Phi) is 6.46. The molecule has 0 radical (unpaired) electrons. The number of hydrogen-bond donors (Lipinski definition) is 0. The monoisotopic (exact) mass is 292 g/mol. The molecule has 5 heteroatoms. The van der Waals surface area contributed by atoms with Gasteiger partial charge < -0.3 is 14.2 Å². The third kappa shape index (κ3) is 5.30. The van der Waals surface area contributed by atoms with E-state index in [1.807, 2.05) is 24.3 Å². The molecule has 1 aromatic carbocycles. The van der Waals surface area contributed by atoms with Gasteiger partial charge in [-0.05, 0) is 24.6 Å². The van der Waals surface area contributed by atoms with Crippen LogP contribution in [0.4, 0.5) is 0 Å². The van der Waals surface area contributed by atoms with Gasteiger partial charge in [0, 0.05) is 18.9 Å². The Morgan fingerprint density at radius 2 is 1.76 bits per heavy atom. The minimum absolute atomic E-state index is 0.251.